The summed E-state index contributed by atoms with van der Waals surface area (Å²) in [5, 5.41) is 5.47. The maximum absolute atomic E-state index is 5.53. The highest BCUT2D eigenvalue weighted by Gasteiger charge is 2.09. The van der Waals surface area contributed by atoms with Crippen LogP contribution in [-0.4, -0.2) is 28.3 Å². The second kappa shape index (κ2) is 4.99. The number of imidazole rings is 1. The van der Waals surface area contributed by atoms with E-state index in [4.69, 9.17) is 10.5 Å². The summed E-state index contributed by atoms with van der Waals surface area (Å²) in [5.74, 6) is 0.825. The Hall–Kier alpha value is -1.92. The number of nitrogens with two attached hydrogens (primary N) is 1. The van der Waals surface area contributed by atoms with Gasteiger partial charge in [-0.05, 0) is 18.7 Å². The van der Waals surface area contributed by atoms with E-state index >= 15 is 0 Å². The van der Waals surface area contributed by atoms with Gasteiger partial charge in [0.05, 0.1) is 19.0 Å². The molecule has 3 aromatic rings. The van der Waals surface area contributed by atoms with Gasteiger partial charge >= 0.3 is 0 Å². The predicted molar refractivity (Wildman–Crippen MR) is 75.6 cm³/mol. The van der Waals surface area contributed by atoms with Crippen molar-refractivity contribution in [3.8, 4) is 17.0 Å². The van der Waals surface area contributed by atoms with Crippen molar-refractivity contribution in [1.29, 1.82) is 0 Å². The van der Waals surface area contributed by atoms with Crippen LogP contribution in [-0.2, 0) is 6.42 Å². The predicted octanol–water partition coefficient (Wildman–Crippen LogP) is 1.97. The molecule has 0 amide bonds. The van der Waals surface area contributed by atoms with Crippen molar-refractivity contribution in [3.05, 3.63) is 35.5 Å². The van der Waals surface area contributed by atoms with Gasteiger partial charge < -0.3 is 10.5 Å². The van der Waals surface area contributed by atoms with Crippen molar-refractivity contribution in [1.82, 2.24) is 14.6 Å². The van der Waals surface area contributed by atoms with E-state index in [0.29, 0.717) is 6.54 Å². The highest BCUT2D eigenvalue weighted by atomic mass is 32.1. The van der Waals surface area contributed by atoms with Gasteiger partial charge in [0.2, 0.25) is 4.96 Å². The zero-order valence-electron chi connectivity index (χ0n) is 10.5. The van der Waals surface area contributed by atoms with Crippen molar-refractivity contribution < 1.29 is 4.74 Å². The van der Waals surface area contributed by atoms with Crippen LogP contribution in [0.25, 0.3) is 16.2 Å². The van der Waals surface area contributed by atoms with Gasteiger partial charge in [-0.25, -0.2) is 9.50 Å². The summed E-state index contributed by atoms with van der Waals surface area (Å²) in [4.78, 5) is 5.47. The minimum atomic E-state index is 0.611. The number of ether oxygens (including phenoxy) is 1. The van der Waals surface area contributed by atoms with Crippen LogP contribution in [0, 0.1) is 0 Å². The fourth-order valence-electron chi connectivity index (χ4n) is 1.89. The molecule has 0 atom stereocenters. The van der Waals surface area contributed by atoms with E-state index in [-0.39, 0.29) is 0 Å². The molecule has 19 heavy (non-hydrogen) atoms. The Bertz CT molecular complexity index is 672. The van der Waals surface area contributed by atoms with E-state index in [1.807, 2.05) is 35.0 Å². The lowest BCUT2D eigenvalue weighted by molar-refractivity contribution is 0.415. The summed E-state index contributed by atoms with van der Waals surface area (Å²) in [6, 6.07) is 7.84. The zero-order chi connectivity index (χ0) is 13.2. The highest BCUT2D eigenvalue weighted by molar-refractivity contribution is 7.16. The van der Waals surface area contributed by atoms with Crippen LogP contribution in [0.4, 0.5) is 0 Å². The van der Waals surface area contributed by atoms with Gasteiger partial charge in [0, 0.05) is 12.0 Å². The molecule has 6 heteroatoms. The van der Waals surface area contributed by atoms with E-state index < -0.39 is 0 Å². The fourth-order valence-corrected chi connectivity index (χ4v) is 2.78. The molecule has 98 valence electrons. The van der Waals surface area contributed by atoms with Crippen LogP contribution in [0.1, 0.15) is 5.01 Å². The molecule has 5 nitrogen and oxygen atoms in total. The lowest BCUT2D eigenvalue weighted by Gasteiger charge is -2.01. The van der Waals surface area contributed by atoms with E-state index in [1.54, 1.807) is 18.4 Å². The molecule has 0 fully saturated rings. The van der Waals surface area contributed by atoms with Gasteiger partial charge in [0.1, 0.15) is 10.8 Å². The maximum Gasteiger partial charge on any atom is 0.212 e. The topological polar surface area (TPSA) is 65.4 Å². The summed E-state index contributed by atoms with van der Waals surface area (Å²) in [5.41, 5.74) is 7.45. The number of rotatable bonds is 4. The third-order valence-electron chi connectivity index (χ3n) is 2.81. The molecule has 0 aliphatic carbocycles. The quantitative estimate of drug-likeness (QED) is 0.790. The Kier molecular flexibility index (Phi) is 3.18. The number of fused-ring (bicyclic) bond motifs is 1. The van der Waals surface area contributed by atoms with Crippen molar-refractivity contribution in [2.45, 2.75) is 6.42 Å². The molecule has 0 aliphatic rings. The number of hydrogen-bond donors (Lipinski definition) is 1. The first-order valence-electron chi connectivity index (χ1n) is 6.00. The molecule has 0 bridgehead atoms. The first-order valence-corrected chi connectivity index (χ1v) is 6.81. The maximum atomic E-state index is 5.53. The summed E-state index contributed by atoms with van der Waals surface area (Å²) in [6.45, 7) is 0.611. The average molecular weight is 274 g/mol. The Balaban J connectivity index is 1.98. The fraction of sp³-hybridized carbons (Fsp3) is 0.231. The number of hydrogen-bond acceptors (Lipinski definition) is 5. The molecule has 2 N–H and O–H groups in total. The molecule has 0 saturated carbocycles. The molecule has 0 spiro atoms. The van der Waals surface area contributed by atoms with Crippen LogP contribution in [0.5, 0.6) is 5.75 Å². The third-order valence-corrected chi connectivity index (χ3v) is 3.79. The minimum absolute atomic E-state index is 0.611. The molecule has 2 heterocycles. The average Bonchev–Trinajstić information content (AvgIpc) is 2.97. The first-order chi connectivity index (χ1) is 9.30. The SMILES string of the molecule is COc1cccc(-c2cn3nc(CCN)sc3n2)c1. The van der Waals surface area contributed by atoms with Gasteiger partial charge in [-0.3, -0.25) is 0 Å². The smallest absolute Gasteiger partial charge is 0.212 e. The molecule has 0 unspecified atom stereocenters. The van der Waals surface area contributed by atoms with Gasteiger partial charge in [-0.15, -0.1) is 0 Å². The van der Waals surface area contributed by atoms with Crippen LogP contribution in [0.2, 0.25) is 0 Å². The number of methoxy groups -OCH3 is 1. The van der Waals surface area contributed by atoms with Crippen LogP contribution in [0.15, 0.2) is 30.5 Å². The molecule has 0 radical (unpaired) electrons. The number of benzene rings is 1. The second-order valence-electron chi connectivity index (χ2n) is 4.12. The highest BCUT2D eigenvalue weighted by Crippen LogP contribution is 2.25. The zero-order valence-corrected chi connectivity index (χ0v) is 11.4. The lowest BCUT2D eigenvalue weighted by atomic mass is 10.1. The molecule has 0 aliphatic heterocycles. The van der Waals surface area contributed by atoms with Gasteiger partial charge in [-0.1, -0.05) is 23.5 Å². The summed E-state index contributed by atoms with van der Waals surface area (Å²) in [7, 11) is 1.66. The van der Waals surface area contributed by atoms with Crippen LogP contribution in [0.3, 0.4) is 0 Å². The van der Waals surface area contributed by atoms with Gasteiger partial charge in [0.15, 0.2) is 0 Å². The third kappa shape index (κ3) is 2.32. The molecule has 2 aromatic heterocycles. The summed E-state index contributed by atoms with van der Waals surface area (Å²) >= 11 is 1.58. The lowest BCUT2D eigenvalue weighted by Crippen LogP contribution is -2.02. The standard InChI is InChI=1S/C13H14N4OS/c1-18-10-4-2-3-9(7-10)11-8-17-13(15-11)19-12(16-17)5-6-14/h2-4,7-8H,5-6,14H2,1H3. The van der Waals surface area contributed by atoms with Crippen molar-refractivity contribution in [2.75, 3.05) is 13.7 Å². The van der Waals surface area contributed by atoms with E-state index in [9.17, 15) is 0 Å². The second-order valence-corrected chi connectivity index (χ2v) is 5.16. The van der Waals surface area contributed by atoms with E-state index in [0.717, 1.165) is 33.4 Å². The number of aromatic nitrogens is 3. The van der Waals surface area contributed by atoms with Crippen LogP contribution >= 0.6 is 11.3 Å². The van der Waals surface area contributed by atoms with E-state index in [2.05, 4.69) is 10.1 Å². The van der Waals surface area contributed by atoms with Gasteiger partial charge in [-0.2, -0.15) is 5.10 Å². The molecular weight excluding hydrogens is 260 g/mol. The van der Waals surface area contributed by atoms with Crippen molar-refractivity contribution >= 4 is 16.3 Å². The van der Waals surface area contributed by atoms with Crippen LogP contribution < -0.4 is 10.5 Å². The molecule has 3 rings (SSSR count). The Labute approximate surface area is 114 Å². The number of nitrogens with zero attached hydrogens (tertiary/aromatic N) is 3. The molecule has 1 aromatic carbocycles. The first kappa shape index (κ1) is 12.1. The Morgan fingerprint density at radius 3 is 3.05 bits per heavy atom. The molecular formula is C13H14N4OS. The Morgan fingerprint density at radius 2 is 2.32 bits per heavy atom. The van der Waals surface area contributed by atoms with Gasteiger partial charge in [0.25, 0.3) is 0 Å². The molecule has 0 saturated heterocycles. The minimum Gasteiger partial charge on any atom is -0.497 e. The Morgan fingerprint density at radius 1 is 1.42 bits per heavy atom. The largest absolute Gasteiger partial charge is 0.497 e. The summed E-state index contributed by atoms with van der Waals surface area (Å²) < 4.78 is 7.03. The normalized spacial score (nSPS) is 11.1. The summed E-state index contributed by atoms with van der Waals surface area (Å²) in [6.07, 6.45) is 2.73. The van der Waals surface area contributed by atoms with E-state index in [1.165, 1.54) is 0 Å². The van der Waals surface area contributed by atoms with Crippen molar-refractivity contribution in [3.63, 3.8) is 0 Å². The monoisotopic (exact) mass is 274 g/mol. The van der Waals surface area contributed by atoms with Crippen molar-refractivity contribution in [2.24, 2.45) is 5.73 Å².